The largest absolute Gasteiger partial charge is 0.496 e. The number of nitrogens with one attached hydrogen (secondary N) is 3. The number of aliphatic hydroxyl groups excluding tert-OH is 6. The summed E-state index contributed by atoms with van der Waals surface area (Å²) in [5, 5.41) is 100. The second-order valence-electron chi connectivity index (χ2n) is 36.5. The SMILES string of the molecule is CCC(CO)OC(CO)OC.CCC(CO)OC(COC(=O)CCCC(=O)NC(C)(C)C)OC.CCC(CO)OC(COC(=O)CCCC(=O)NC(C)C(=O)OCCCNC(=O)[C@]1(O)C2N(C)c3cc(OC)c([C@@]4(C(=O)OC)CC5CN(CCC6=C4Cc4ccccc46)CC(O)(CC)C5)cc3C23CCN2CC=C[C@](CC)(C23)[C@H]1O)OC.CCC(CO)OC(COC(=O)CCCC(=O)O)OC. The van der Waals surface area contributed by atoms with Gasteiger partial charge in [0.05, 0.1) is 89.9 Å². The number of methoxy groups -OCH3 is 6. The van der Waals surface area contributed by atoms with E-state index in [0.717, 1.165) is 27.8 Å². The van der Waals surface area contributed by atoms with Crippen molar-refractivity contribution < 1.29 is 155 Å². The van der Waals surface area contributed by atoms with Gasteiger partial charge in [0, 0.05) is 146 Å². The summed E-state index contributed by atoms with van der Waals surface area (Å²) in [4.78, 5) is 120. The maximum atomic E-state index is 15.6. The molecule has 1 saturated carbocycles. The number of carboxylic acids is 1. The topological polar surface area (TPSA) is 511 Å². The van der Waals surface area contributed by atoms with Crippen molar-refractivity contribution in [2.75, 3.05) is 153 Å². The van der Waals surface area contributed by atoms with Gasteiger partial charge in [0.2, 0.25) is 11.8 Å². The van der Waals surface area contributed by atoms with Crippen LogP contribution in [0.25, 0.3) is 5.57 Å². The zero-order chi connectivity index (χ0) is 100. The molecule has 38 heteroatoms. The Labute approximate surface area is 794 Å². The van der Waals surface area contributed by atoms with Crippen LogP contribution in [0.3, 0.4) is 0 Å². The number of ether oxygens (including phenoxy) is 14. The lowest BCUT2D eigenvalue weighted by Gasteiger charge is -2.63. The van der Waals surface area contributed by atoms with E-state index in [1.165, 1.54) is 42.5 Å². The highest BCUT2D eigenvalue weighted by molar-refractivity contribution is 5.96. The van der Waals surface area contributed by atoms with E-state index < -0.39 is 125 Å². The standard InChI is InChI=1S/C62H87N5O15.C16H31NO6.C12H22O7.C7H16O4/c1-9-41(35-68)82-51(78-7)36-81-50(70)20-14-19-49(69)64-38(4)52(71)80-28-16-24-63-56(73)62(76)54-60(23-27-67-25-15-22-59(11-3,53(60)67)55(62)72)45-30-46(48(77-6)31-47(45)65(54)5)61(57(74)79-8)33-39-32-58(75,10-2)37-66(34-39)26-21-43-42-18-13-12-17-40(42)29-44(43)61;1-6-12(10-18)23-15(21-5)11-22-14(20)9-7-8-13(19)17-16(2,3)4;1-3-9(7-13)19-12(17-2)8-18-11(16)6-4-5-10(14)15;1-3-6(4-8)11-7(5-9)10-2/h12-13,15,17-18,22,30-31,38-39,41,51,53-55,68,72,75-76H,9-11,14,16,19-21,23-29,32-37H2,1-8H3,(H,63,73)(H,64,69);12,15,18H,6-11H2,1-5H3,(H,17,19);9,12-13H,3-8H2,1-2H3,(H,14,15);6-9H,3-5H2,1-2H3/t38?,39?,41?,51?,53?,54?,55-,58?,59-,60?,61-,62+;;;/m1.../s1. The molecule has 766 valence electrons. The number of hydrogen-bond donors (Lipinski definition) is 12. The molecule has 5 aliphatic heterocycles. The molecule has 2 bridgehead atoms. The fourth-order valence-electron chi connectivity index (χ4n) is 19.4. The number of nitrogens with zero attached hydrogens (tertiary/aromatic N) is 3. The number of carboxylic acid groups (broad SMARTS) is 1. The van der Waals surface area contributed by atoms with Crippen LogP contribution in [-0.2, 0) is 122 Å². The molecular formula is C97H156N6O32. The molecule has 7 aliphatic rings. The Hall–Kier alpha value is -7.97. The second-order valence-corrected chi connectivity index (χ2v) is 36.5. The highest BCUT2D eigenvalue weighted by atomic mass is 16.7. The van der Waals surface area contributed by atoms with Gasteiger partial charge in [0.25, 0.3) is 5.91 Å². The van der Waals surface area contributed by atoms with Gasteiger partial charge in [0.15, 0.2) is 30.8 Å². The zero-order valence-corrected chi connectivity index (χ0v) is 82.3. The minimum Gasteiger partial charge on any atom is -0.496 e. The highest BCUT2D eigenvalue weighted by Crippen LogP contribution is 2.68. The maximum Gasteiger partial charge on any atom is 0.328 e. The number of carbonyl (C=O) groups is 9. The van der Waals surface area contributed by atoms with Crippen molar-refractivity contribution in [3.63, 3.8) is 0 Å². The number of fused-ring (bicyclic) bond motifs is 5. The van der Waals surface area contributed by atoms with E-state index in [-0.39, 0.29) is 166 Å². The van der Waals surface area contributed by atoms with Gasteiger partial charge in [-0.15, -0.1) is 0 Å². The number of hydrogen-bond acceptors (Lipinski definition) is 34. The number of piperidine rings is 1. The molecule has 19 atom stereocenters. The van der Waals surface area contributed by atoms with Gasteiger partial charge in [0.1, 0.15) is 43.1 Å². The Morgan fingerprint density at radius 3 is 1.61 bits per heavy atom. The number of likely N-dealkylation sites (N-methyl/N-ethyl adjacent to an activating group) is 1. The van der Waals surface area contributed by atoms with Gasteiger partial charge in [-0.3, -0.25) is 48.2 Å². The van der Waals surface area contributed by atoms with Crippen LogP contribution in [0.2, 0.25) is 0 Å². The molecule has 5 heterocycles. The van der Waals surface area contributed by atoms with Crippen LogP contribution in [-0.4, -0.2) is 348 Å². The number of aliphatic hydroxyl groups is 8. The summed E-state index contributed by atoms with van der Waals surface area (Å²) < 4.78 is 74.6. The summed E-state index contributed by atoms with van der Waals surface area (Å²) in [7, 11) is 10.6. The molecule has 12 N–H and O–H groups in total. The third-order valence-corrected chi connectivity index (χ3v) is 26.3. The molecule has 135 heavy (non-hydrogen) atoms. The van der Waals surface area contributed by atoms with Gasteiger partial charge in [-0.05, 0) is 170 Å². The summed E-state index contributed by atoms with van der Waals surface area (Å²) in [6, 6.07) is 10.0. The molecular weight excluding hydrogens is 1760 g/mol. The molecule has 2 aromatic rings. The van der Waals surface area contributed by atoms with Gasteiger partial charge < -0.3 is 133 Å². The third kappa shape index (κ3) is 30.5. The Morgan fingerprint density at radius 2 is 1.13 bits per heavy atom. The molecule has 0 radical (unpaired) electrons. The van der Waals surface area contributed by atoms with Gasteiger partial charge in [-0.2, -0.15) is 0 Å². The number of aliphatic carboxylic acids is 1. The van der Waals surface area contributed by atoms with Crippen molar-refractivity contribution in [2.24, 2.45) is 11.3 Å². The van der Waals surface area contributed by atoms with Crippen molar-refractivity contribution in [1.82, 2.24) is 25.8 Å². The molecule has 3 amide bonds. The first-order valence-corrected chi connectivity index (χ1v) is 47.4. The second kappa shape index (κ2) is 55.7. The lowest BCUT2D eigenvalue weighted by Crippen LogP contribution is -2.81. The third-order valence-electron chi connectivity index (χ3n) is 26.3. The minimum atomic E-state index is -2.41. The average Bonchev–Trinajstić information content (AvgIpc) is 1.48. The fraction of sp³-hybridized carbons (Fsp3) is 0.742. The van der Waals surface area contributed by atoms with Crippen molar-refractivity contribution >= 4 is 64.8 Å². The van der Waals surface area contributed by atoms with Crippen LogP contribution in [0.5, 0.6) is 5.75 Å². The van der Waals surface area contributed by atoms with E-state index in [1.54, 1.807) is 7.11 Å². The van der Waals surface area contributed by atoms with Crippen molar-refractivity contribution in [3.05, 3.63) is 76.4 Å². The molecule has 1 spiro atoms. The normalized spacial score (nSPS) is 24.9. The van der Waals surface area contributed by atoms with Gasteiger partial charge in [-0.25, -0.2) is 4.79 Å². The maximum absolute atomic E-state index is 15.6. The van der Waals surface area contributed by atoms with Crippen LogP contribution < -0.4 is 25.6 Å². The Kier molecular flexibility index (Phi) is 47.8. The minimum absolute atomic E-state index is 0.0258. The van der Waals surface area contributed by atoms with Crippen molar-refractivity contribution in [2.45, 2.75) is 305 Å². The van der Waals surface area contributed by atoms with Gasteiger partial charge in [-0.1, -0.05) is 78.0 Å². The van der Waals surface area contributed by atoms with Gasteiger partial charge >= 0.3 is 35.8 Å². The quantitative estimate of drug-likeness (QED) is 0.0132. The van der Waals surface area contributed by atoms with E-state index in [1.807, 2.05) is 105 Å². The first kappa shape index (κ1) is 116. The predicted molar refractivity (Wildman–Crippen MR) is 495 cm³/mol. The highest BCUT2D eigenvalue weighted by Gasteiger charge is 2.79. The van der Waals surface area contributed by atoms with E-state index >= 15 is 9.59 Å². The Balaban J connectivity index is 0.000000426. The Morgan fingerprint density at radius 1 is 0.607 bits per heavy atom. The molecule has 3 fully saturated rings. The molecule has 0 aromatic heterocycles. The van der Waals surface area contributed by atoms with Crippen molar-refractivity contribution in [1.29, 1.82) is 0 Å². The van der Waals surface area contributed by atoms with E-state index in [0.29, 0.717) is 127 Å². The summed E-state index contributed by atoms with van der Waals surface area (Å²) in [6.07, 6.45) is 5.37. The molecule has 15 unspecified atom stereocenters. The summed E-state index contributed by atoms with van der Waals surface area (Å²) in [6.45, 7) is 20.7. The number of amides is 3. The van der Waals surface area contributed by atoms with Crippen LogP contribution in [0.4, 0.5) is 5.69 Å². The number of benzene rings is 2. The average molecular weight is 1920 g/mol. The van der Waals surface area contributed by atoms with Crippen LogP contribution >= 0.6 is 0 Å². The zero-order valence-electron chi connectivity index (χ0n) is 82.3. The molecule has 2 aliphatic carbocycles. The van der Waals surface area contributed by atoms with Crippen molar-refractivity contribution in [3.8, 4) is 5.75 Å². The molecule has 2 saturated heterocycles. The smallest absolute Gasteiger partial charge is 0.328 e. The summed E-state index contributed by atoms with van der Waals surface area (Å²) >= 11 is 0. The van der Waals surface area contributed by atoms with Crippen LogP contribution in [0.1, 0.15) is 220 Å². The predicted octanol–water partition coefficient (Wildman–Crippen LogP) is 5.26. The molecule has 38 nitrogen and oxygen atoms in total. The summed E-state index contributed by atoms with van der Waals surface area (Å²) in [5.41, 5.74) is -0.605. The van der Waals surface area contributed by atoms with E-state index in [4.69, 9.17) is 91.8 Å². The molecule has 2 aromatic carbocycles. The summed E-state index contributed by atoms with van der Waals surface area (Å²) in [5.74, 6) is -4.53. The fourth-order valence-corrected chi connectivity index (χ4v) is 19.4. The first-order valence-electron chi connectivity index (χ1n) is 47.4. The van der Waals surface area contributed by atoms with Crippen LogP contribution in [0.15, 0.2) is 54.1 Å². The van der Waals surface area contributed by atoms with Crippen LogP contribution in [0, 0.1) is 11.3 Å². The number of carbonyl (C=O) groups excluding carboxylic acids is 8. The van der Waals surface area contributed by atoms with E-state index in [2.05, 4.69) is 43.9 Å². The monoisotopic (exact) mass is 1920 g/mol. The number of esters is 5. The number of rotatable bonds is 51. The first-order chi connectivity index (χ1) is 64.3. The molecule has 9 rings (SSSR count). The number of anilines is 1. The lowest BCUT2D eigenvalue weighted by molar-refractivity contribution is -0.203. The Bertz CT molecular complexity index is 4120. The van der Waals surface area contributed by atoms with E-state index in [9.17, 15) is 54.0 Å². The lowest BCUT2D eigenvalue weighted by atomic mass is 9.47.